The van der Waals surface area contributed by atoms with Gasteiger partial charge in [0.2, 0.25) is 5.91 Å². The minimum absolute atomic E-state index is 0.0860. The van der Waals surface area contributed by atoms with E-state index >= 15 is 0 Å². The minimum atomic E-state index is -0.0860. The second-order valence-electron chi connectivity index (χ2n) is 6.31. The van der Waals surface area contributed by atoms with Gasteiger partial charge in [-0.15, -0.1) is 0 Å². The number of carbonyl (C=O) groups is 1. The van der Waals surface area contributed by atoms with E-state index in [1.54, 1.807) is 0 Å². The summed E-state index contributed by atoms with van der Waals surface area (Å²) >= 11 is 3.47. The Morgan fingerprint density at radius 1 is 0.852 bits per heavy atom. The Balaban J connectivity index is 1.47. The van der Waals surface area contributed by atoms with Gasteiger partial charge < -0.3 is 5.32 Å². The third kappa shape index (κ3) is 4.07. The summed E-state index contributed by atoms with van der Waals surface area (Å²) in [7, 11) is 0. The number of hydrogen-bond donors (Lipinski definition) is 1. The molecule has 0 bridgehead atoms. The highest BCUT2D eigenvalue weighted by Crippen LogP contribution is 2.25. The number of benzene rings is 3. The normalized spacial score (nSPS) is 10.7. The largest absolute Gasteiger partial charge is 0.310 e. The molecule has 1 amide bonds. The highest BCUT2D eigenvalue weighted by atomic mass is 79.9. The van der Waals surface area contributed by atoms with Crippen LogP contribution in [0.15, 0.2) is 89.5 Å². The van der Waals surface area contributed by atoms with Crippen molar-refractivity contribution in [2.45, 2.75) is 6.42 Å². The van der Waals surface area contributed by atoms with Crippen molar-refractivity contribution in [1.82, 2.24) is 4.98 Å². The standard InChI is InChI=1S/C23H17BrN2O/c24-23-20-9-5-4-8-19(20)15-21(26-23)25-22(27)14-16-10-12-18(13-11-16)17-6-2-1-3-7-17/h1-13,15H,14H2,(H,25,26,27). The minimum Gasteiger partial charge on any atom is -0.310 e. The van der Waals surface area contributed by atoms with Crippen molar-refractivity contribution in [3.63, 3.8) is 0 Å². The molecular weight excluding hydrogens is 400 g/mol. The molecule has 0 saturated carbocycles. The van der Waals surface area contributed by atoms with Gasteiger partial charge >= 0.3 is 0 Å². The van der Waals surface area contributed by atoms with Crippen LogP contribution >= 0.6 is 15.9 Å². The van der Waals surface area contributed by atoms with Crippen LogP contribution in [0.5, 0.6) is 0 Å². The lowest BCUT2D eigenvalue weighted by Gasteiger charge is -2.08. The number of hydrogen-bond acceptors (Lipinski definition) is 2. The molecule has 3 aromatic carbocycles. The van der Waals surface area contributed by atoms with Crippen molar-refractivity contribution >= 4 is 38.4 Å². The number of fused-ring (bicyclic) bond motifs is 1. The first-order chi connectivity index (χ1) is 13.2. The van der Waals surface area contributed by atoms with Gasteiger partial charge in [0.15, 0.2) is 0 Å². The number of anilines is 1. The third-order valence-corrected chi connectivity index (χ3v) is 4.99. The zero-order valence-electron chi connectivity index (χ0n) is 14.5. The maximum Gasteiger partial charge on any atom is 0.229 e. The number of rotatable bonds is 4. The Hall–Kier alpha value is -2.98. The average molecular weight is 417 g/mol. The van der Waals surface area contributed by atoms with Gasteiger partial charge in [-0.05, 0) is 44.1 Å². The predicted molar refractivity (Wildman–Crippen MR) is 114 cm³/mol. The molecular formula is C23H17BrN2O. The number of nitrogens with one attached hydrogen (secondary N) is 1. The molecule has 0 atom stereocenters. The number of carbonyl (C=O) groups excluding carboxylic acids is 1. The highest BCUT2D eigenvalue weighted by molar-refractivity contribution is 9.10. The fourth-order valence-corrected chi connectivity index (χ4v) is 3.59. The van der Waals surface area contributed by atoms with E-state index in [1.165, 1.54) is 5.56 Å². The Morgan fingerprint density at radius 3 is 2.30 bits per heavy atom. The Labute approximate surface area is 166 Å². The first kappa shape index (κ1) is 17.4. The maximum absolute atomic E-state index is 12.4. The van der Waals surface area contributed by atoms with Crippen LogP contribution in [-0.4, -0.2) is 10.9 Å². The van der Waals surface area contributed by atoms with Crippen LogP contribution in [0.25, 0.3) is 21.9 Å². The molecule has 0 aliphatic rings. The lowest BCUT2D eigenvalue weighted by atomic mass is 10.0. The molecule has 0 saturated heterocycles. The zero-order valence-corrected chi connectivity index (χ0v) is 16.1. The van der Waals surface area contributed by atoms with Gasteiger partial charge in [0, 0.05) is 5.39 Å². The lowest BCUT2D eigenvalue weighted by molar-refractivity contribution is -0.115. The summed E-state index contributed by atoms with van der Waals surface area (Å²) in [4.78, 5) is 16.8. The maximum atomic E-state index is 12.4. The van der Waals surface area contributed by atoms with Crippen LogP contribution in [0, 0.1) is 0 Å². The van der Waals surface area contributed by atoms with Crippen molar-refractivity contribution in [3.8, 4) is 11.1 Å². The molecule has 0 aliphatic carbocycles. The van der Waals surface area contributed by atoms with Gasteiger partial charge in [-0.1, -0.05) is 78.9 Å². The number of aromatic nitrogens is 1. The molecule has 1 N–H and O–H groups in total. The van der Waals surface area contributed by atoms with Gasteiger partial charge in [0.05, 0.1) is 6.42 Å². The fourth-order valence-electron chi connectivity index (χ4n) is 3.04. The molecule has 0 spiro atoms. The van der Waals surface area contributed by atoms with Gasteiger partial charge in [-0.25, -0.2) is 4.98 Å². The smallest absolute Gasteiger partial charge is 0.229 e. The molecule has 0 radical (unpaired) electrons. The second kappa shape index (κ2) is 7.72. The number of nitrogens with zero attached hydrogens (tertiary/aromatic N) is 1. The first-order valence-corrected chi connectivity index (χ1v) is 9.48. The number of halogens is 1. The molecule has 4 rings (SSSR count). The third-order valence-electron chi connectivity index (χ3n) is 4.39. The summed E-state index contributed by atoms with van der Waals surface area (Å²) < 4.78 is 0.725. The summed E-state index contributed by atoms with van der Waals surface area (Å²) in [5.74, 6) is 0.462. The molecule has 0 aliphatic heterocycles. The van der Waals surface area contributed by atoms with E-state index in [0.717, 1.165) is 26.5 Å². The van der Waals surface area contributed by atoms with Crippen molar-refractivity contribution in [2.75, 3.05) is 5.32 Å². The molecule has 132 valence electrons. The number of amides is 1. The van der Waals surface area contributed by atoms with E-state index in [9.17, 15) is 4.79 Å². The van der Waals surface area contributed by atoms with E-state index in [0.29, 0.717) is 12.2 Å². The van der Waals surface area contributed by atoms with Crippen molar-refractivity contribution in [1.29, 1.82) is 0 Å². The van der Waals surface area contributed by atoms with Crippen LogP contribution in [0.3, 0.4) is 0 Å². The van der Waals surface area contributed by atoms with Crippen LogP contribution in [0.4, 0.5) is 5.82 Å². The van der Waals surface area contributed by atoms with E-state index in [4.69, 9.17) is 0 Å². The fraction of sp³-hybridized carbons (Fsp3) is 0.0435. The van der Waals surface area contributed by atoms with Crippen molar-refractivity contribution in [2.24, 2.45) is 0 Å². The van der Waals surface area contributed by atoms with E-state index < -0.39 is 0 Å². The van der Waals surface area contributed by atoms with Crippen LogP contribution in [0.2, 0.25) is 0 Å². The van der Waals surface area contributed by atoms with Gasteiger partial charge in [-0.3, -0.25) is 4.79 Å². The quantitative estimate of drug-likeness (QED) is 0.424. The average Bonchev–Trinajstić information content (AvgIpc) is 2.69. The molecule has 27 heavy (non-hydrogen) atoms. The lowest BCUT2D eigenvalue weighted by Crippen LogP contribution is -2.15. The van der Waals surface area contributed by atoms with Crippen LogP contribution < -0.4 is 5.32 Å². The Bertz CT molecular complexity index is 1090. The Kier molecular flexibility index (Phi) is 4.99. The van der Waals surface area contributed by atoms with Crippen molar-refractivity contribution in [3.05, 3.63) is 95.1 Å². The van der Waals surface area contributed by atoms with E-state index in [2.05, 4.69) is 38.4 Å². The summed E-state index contributed by atoms with van der Waals surface area (Å²) in [5, 5.41) is 4.94. The van der Waals surface area contributed by atoms with Gasteiger partial charge in [0.1, 0.15) is 10.4 Å². The van der Waals surface area contributed by atoms with Crippen LogP contribution in [-0.2, 0) is 11.2 Å². The number of pyridine rings is 1. The molecule has 0 fully saturated rings. The molecule has 0 unspecified atom stereocenters. The second-order valence-corrected chi connectivity index (χ2v) is 7.06. The molecule has 4 aromatic rings. The summed E-state index contributed by atoms with van der Waals surface area (Å²) in [6.45, 7) is 0. The SMILES string of the molecule is O=C(Cc1ccc(-c2ccccc2)cc1)Nc1cc2ccccc2c(Br)n1. The topological polar surface area (TPSA) is 42.0 Å². The summed E-state index contributed by atoms with van der Waals surface area (Å²) in [6.07, 6.45) is 0.307. The van der Waals surface area contributed by atoms with E-state index in [-0.39, 0.29) is 5.91 Å². The highest BCUT2D eigenvalue weighted by Gasteiger charge is 2.08. The van der Waals surface area contributed by atoms with Gasteiger partial charge in [0.25, 0.3) is 0 Å². The molecule has 1 heterocycles. The Morgan fingerprint density at radius 2 is 1.52 bits per heavy atom. The summed E-state index contributed by atoms with van der Waals surface area (Å²) in [6, 6.07) is 28.1. The summed E-state index contributed by atoms with van der Waals surface area (Å²) in [5.41, 5.74) is 3.27. The van der Waals surface area contributed by atoms with Crippen LogP contribution in [0.1, 0.15) is 5.56 Å². The van der Waals surface area contributed by atoms with Crippen molar-refractivity contribution < 1.29 is 4.79 Å². The molecule has 3 nitrogen and oxygen atoms in total. The molecule has 1 aromatic heterocycles. The predicted octanol–water partition coefficient (Wildman–Crippen LogP) is 5.85. The monoisotopic (exact) mass is 416 g/mol. The van der Waals surface area contributed by atoms with Gasteiger partial charge in [-0.2, -0.15) is 0 Å². The zero-order chi connectivity index (χ0) is 18.6. The first-order valence-electron chi connectivity index (χ1n) is 8.68. The van der Waals surface area contributed by atoms with E-state index in [1.807, 2.05) is 72.8 Å². The molecule has 4 heteroatoms.